The van der Waals surface area contributed by atoms with E-state index in [1.165, 1.54) is 27.6 Å². The van der Waals surface area contributed by atoms with Gasteiger partial charge in [-0.2, -0.15) is 0 Å². The summed E-state index contributed by atoms with van der Waals surface area (Å²) >= 11 is 3.62. The molecular weight excluding hydrogens is 310 g/mol. The fourth-order valence-electron chi connectivity index (χ4n) is 2.46. The van der Waals surface area contributed by atoms with Crippen LogP contribution in [0.2, 0.25) is 0 Å². The number of rotatable bonds is 6. The van der Waals surface area contributed by atoms with Gasteiger partial charge in [0.2, 0.25) is 0 Å². The molecule has 0 heterocycles. The van der Waals surface area contributed by atoms with Crippen molar-refractivity contribution in [3.8, 4) is 0 Å². The molecule has 106 valence electrons. The third-order valence-corrected chi connectivity index (χ3v) is 4.60. The van der Waals surface area contributed by atoms with E-state index in [4.69, 9.17) is 0 Å². The average molecular weight is 332 g/mol. The molecule has 1 nitrogen and oxygen atoms in total. The second-order valence-electron chi connectivity index (χ2n) is 5.23. The lowest BCUT2D eigenvalue weighted by atomic mass is 9.98. The lowest BCUT2D eigenvalue weighted by molar-refractivity contribution is 0.527. The maximum Gasteiger partial charge on any atom is 0.0318 e. The van der Waals surface area contributed by atoms with Gasteiger partial charge in [0.05, 0.1) is 0 Å². The minimum absolute atomic E-state index is 0.426. The highest BCUT2D eigenvalue weighted by molar-refractivity contribution is 9.10. The Morgan fingerprint density at radius 3 is 2.50 bits per heavy atom. The zero-order valence-electron chi connectivity index (χ0n) is 12.2. The zero-order chi connectivity index (χ0) is 14.4. The Morgan fingerprint density at radius 2 is 1.85 bits per heavy atom. The second kappa shape index (κ2) is 7.61. The second-order valence-corrected chi connectivity index (χ2v) is 6.08. The van der Waals surface area contributed by atoms with E-state index in [1.807, 2.05) is 7.05 Å². The lowest BCUT2D eigenvalue weighted by Gasteiger charge is -2.17. The average Bonchev–Trinajstić information content (AvgIpc) is 2.48. The number of benzene rings is 2. The first-order valence-corrected chi connectivity index (χ1v) is 7.97. The van der Waals surface area contributed by atoms with Crippen LogP contribution in [0.3, 0.4) is 0 Å². The Morgan fingerprint density at radius 1 is 1.10 bits per heavy atom. The normalized spacial score (nSPS) is 12.3. The molecule has 0 aliphatic carbocycles. The van der Waals surface area contributed by atoms with Gasteiger partial charge in [0, 0.05) is 10.5 Å². The van der Waals surface area contributed by atoms with Crippen LogP contribution in [0.25, 0.3) is 0 Å². The summed E-state index contributed by atoms with van der Waals surface area (Å²) in [6, 6.07) is 17.8. The van der Waals surface area contributed by atoms with Crippen molar-refractivity contribution in [3.63, 3.8) is 0 Å². The Hall–Kier alpha value is -1.12. The molecule has 0 saturated heterocycles. The molecule has 0 bridgehead atoms. The van der Waals surface area contributed by atoms with Crippen LogP contribution in [0.5, 0.6) is 0 Å². The van der Waals surface area contributed by atoms with Crippen molar-refractivity contribution >= 4 is 15.9 Å². The molecule has 2 aromatic carbocycles. The summed E-state index contributed by atoms with van der Waals surface area (Å²) in [5.41, 5.74) is 4.07. The molecule has 2 aromatic rings. The van der Waals surface area contributed by atoms with Crippen molar-refractivity contribution in [1.29, 1.82) is 0 Å². The van der Waals surface area contributed by atoms with E-state index in [1.54, 1.807) is 0 Å². The molecule has 0 aliphatic heterocycles. The summed E-state index contributed by atoms with van der Waals surface area (Å²) in [7, 11) is 2.04. The van der Waals surface area contributed by atoms with Gasteiger partial charge in [0.25, 0.3) is 0 Å². The SMILES string of the molecule is CNC(CCCc1ccccc1)c1ccc(C)c(Br)c1. The number of aryl methyl sites for hydroxylation is 2. The summed E-state index contributed by atoms with van der Waals surface area (Å²) < 4.78 is 1.19. The molecule has 0 fully saturated rings. The Labute approximate surface area is 130 Å². The van der Waals surface area contributed by atoms with E-state index in [-0.39, 0.29) is 0 Å². The quantitative estimate of drug-likeness (QED) is 0.781. The van der Waals surface area contributed by atoms with Crippen molar-refractivity contribution < 1.29 is 0 Å². The van der Waals surface area contributed by atoms with Crippen molar-refractivity contribution in [2.45, 2.75) is 32.2 Å². The van der Waals surface area contributed by atoms with Gasteiger partial charge < -0.3 is 5.32 Å². The molecule has 1 atom stereocenters. The van der Waals surface area contributed by atoms with E-state index in [2.05, 4.69) is 76.7 Å². The molecule has 1 unspecified atom stereocenters. The smallest absolute Gasteiger partial charge is 0.0318 e. The minimum atomic E-state index is 0.426. The van der Waals surface area contributed by atoms with Gasteiger partial charge in [-0.3, -0.25) is 0 Å². The predicted octanol–water partition coefficient (Wildman–Crippen LogP) is 5.04. The fourth-order valence-corrected chi connectivity index (χ4v) is 2.86. The largest absolute Gasteiger partial charge is 0.313 e. The van der Waals surface area contributed by atoms with Crippen LogP contribution in [0.4, 0.5) is 0 Å². The minimum Gasteiger partial charge on any atom is -0.313 e. The van der Waals surface area contributed by atoms with Gasteiger partial charge in [0.15, 0.2) is 0 Å². The summed E-state index contributed by atoms with van der Waals surface area (Å²) in [5.74, 6) is 0. The standard InChI is InChI=1S/C18H22BrN/c1-14-11-12-16(13-17(14)19)18(20-2)10-6-9-15-7-4-3-5-8-15/h3-5,7-8,11-13,18,20H,6,9-10H2,1-2H3. The van der Waals surface area contributed by atoms with Crippen molar-refractivity contribution in [2.24, 2.45) is 0 Å². The maximum atomic E-state index is 3.62. The number of hydrogen-bond acceptors (Lipinski definition) is 1. The van der Waals surface area contributed by atoms with Crippen LogP contribution in [-0.4, -0.2) is 7.05 Å². The Balaban J connectivity index is 1.93. The van der Waals surface area contributed by atoms with Gasteiger partial charge in [-0.1, -0.05) is 58.4 Å². The first-order chi connectivity index (χ1) is 9.70. The molecule has 0 aliphatic rings. The first-order valence-electron chi connectivity index (χ1n) is 7.18. The van der Waals surface area contributed by atoms with Crippen molar-refractivity contribution in [1.82, 2.24) is 5.32 Å². The molecule has 20 heavy (non-hydrogen) atoms. The maximum absolute atomic E-state index is 3.62. The van der Waals surface area contributed by atoms with Crippen LogP contribution in [0, 0.1) is 6.92 Å². The number of hydrogen-bond donors (Lipinski definition) is 1. The van der Waals surface area contributed by atoms with E-state index >= 15 is 0 Å². The molecule has 0 aromatic heterocycles. The van der Waals surface area contributed by atoms with E-state index in [0.717, 1.165) is 12.8 Å². The van der Waals surface area contributed by atoms with Crippen LogP contribution in [0.15, 0.2) is 53.0 Å². The van der Waals surface area contributed by atoms with E-state index < -0.39 is 0 Å². The molecule has 1 N–H and O–H groups in total. The van der Waals surface area contributed by atoms with E-state index in [9.17, 15) is 0 Å². The summed E-state index contributed by atoms with van der Waals surface area (Å²) in [4.78, 5) is 0. The van der Waals surface area contributed by atoms with Gasteiger partial charge in [-0.05, 0) is 56.0 Å². The molecular formula is C18H22BrN. The lowest BCUT2D eigenvalue weighted by Crippen LogP contribution is -2.16. The molecule has 0 spiro atoms. The number of halogens is 1. The van der Waals surface area contributed by atoms with Crippen LogP contribution in [0.1, 0.15) is 35.6 Å². The topological polar surface area (TPSA) is 12.0 Å². The third-order valence-electron chi connectivity index (χ3n) is 3.75. The monoisotopic (exact) mass is 331 g/mol. The van der Waals surface area contributed by atoms with Gasteiger partial charge in [-0.25, -0.2) is 0 Å². The third kappa shape index (κ3) is 4.19. The number of nitrogens with one attached hydrogen (secondary N) is 1. The highest BCUT2D eigenvalue weighted by Crippen LogP contribution is 2.25. The highest BCUT2D eigenvalue weighted by Gasteiger charge is 2.10. The van der Waals surface area contributed by atoms with Crippen molar-refractivity contribution in [2.75, 3.05) is 7.05 Å². The van der Waals surface area contributed by atoms with Gasteiger partial charge in [-0.15, -0.1) is 0 Å². The molecule has 2 rings (SSSR count). The highest BCUT2D eigenvalue weighted by atomic mass is 79.9. The molecule has 0 saturated carbocycles. The van der Waals surface area contributed by atoms with Gasteiger partial charge >= 0.3 is 0 Å². The van der Waals surface area contributed by atoms with Gasteiger partial charge in [0.1, 0.15) is 0 Å². The van der Waals surface area contributed by atoms with Crippen LogP contribution < -0.4 is 5.32 Å². The summed E-state index contributed by atoms with van der Waals surface area (Å²) in [6.45, 7) is 2.12. The predicted molar refractivity (Wildman–Crippen MR) is 90.1 cm³/mol. The fraction of sp³-hybridized carbons (Fsp3) is 0.333. The molecule has 0 radical (unpaired) electrons. The molecule has 2 heteroatoms. The Bertz CT molecular complexity index is 536. The molecule has 0 amide bonds. The zero-order valence-corrected chi connectivity index (χ0v) is 13.8. The van der Waals surface area contributed by atoms with Crippen LogP contribution in [-0.2, 0) is 6.42 Å². The van der Waals surface area contributed by atoms with E-state index in [0.29, 0.717) is 6.04 Å². The van der Waals surface area contributed by atoms with Crippen molar-refractivity contribution in [3.05, 3.63) is 69.7 Å². The Kier molecular flexibility index (Phi) is 5.81. The first kappa shape index (κ1) is 15.3. The summed E-state index contributed by atoms with van der Waals surface area (Å²) in [5, 5.41) is 3.43. The summed E-state index contributed by atoms with van der Waals surface area (Å²) in [6.07, 6.45) is 3.49. The van der Waals surface area contributed by atoms with Crippen LogP contribution >= 0.6 is 15.9 Å².